The largest absolute Gasteiger partial charge is 0.346 e. The summed E-state index contributed by atoms with van der Waals surface area (Å²) >= 11 is 0. The molecule has 0 radical (unpaired) electrons. The van der Waals surface area contributed by atoms with Gasteiger partial charge in [-0.1, -0.05) is 12.1 Å². The van der Waals surface area contributed by atoms with Crippen molar-refractivity contribution < 1.29 is 18.7 Å². The molecule has 0 N–H and O–H groups in total. The van der Waals surface area contributed by atoms with Crippen LogP contribution >= 0.6 is 0 Å². The summed E-state index contributed by atoms with van der Waals surface area (Å²) in [6.45, 7) is 4.44. The number of ether oxygens (including phenoxy) is 2. The van der Waals surface area contributed by atoms with Crippen LogP contribution in [0.3, 0.4) is 0 Å². The molecule has 0 saturated heterocycles. The molecule has 0 spiro atoms. The molecule has 0 bridgehead atoms. The van der Waals surface area contributed by atoms with Gasteiger partial charge in [-0.05, 0) is 31.5 Å². The quantitative estimate of drug-likeness (QED) is 0.686. The molecule has 1 rings (SSSR count). The summed E-state index contributed by atoms with van der Waals surface area (Å²) in [5, 5.41) is 0. The van der Waals surface area contributed by atoms with Crippen LogP contribution in [0.4, 0.5) is 4.39 Å². The number of ketones is 1. The topological polar surface area (TPSA) is 35.5 Å². The maximum absolute atomic E-state index is 12.7. The van der Waals surface area contributed by atoms with Gasteiger partial charge in [-0.25, -0.2) is 4.39 Å². The van der Waals surface area contributed by atoms with Crippen molar-refractivity contribution in [3.05, 3.63) is 35.6 Å². The summed E-state index contributed by atoms with van der Waals surface area (Å²) in [5.41, 5.74) is 0.751. The first kappa shape index (κ1) is 13.8. The second-order valence-electron chi connectivity index (χ2n) is 3.51. The van der Waals surface area contributed by atoms with E-state index in [0.29, 0.717) is 13.2 Å². The van der Waals surface area contributed by atoms with Crippen LogP contribution in [0.2, 0.25) is 0 Å². The second-order valence-corrected chi connectivity index (χ2v) is 3.51. The van der Waals surface area contributed by atoms with E-state index in [1.165, 1.54) is 12.1 Å². The van der Waals surface area contributed by atoms with Crippen molar-refractivity contribution in [2.75, 3.05) is 13.2 Å². The molecule has 0 aromatic heterocycles. The lowest BCUT2D eigenvalue weighted by molar-refractivity contribution is -0.167. The third kappa shape index (κ3) is 4.63. The van der Waals surface area contributed by atoms with Gasteiger partial charge in [0.15, 0.2) is 5.78 Å². The van der Waals surface area contributed by atoms with E-state index in [4.69, 9.17) is 9.47 Å². The Morgan fingerprint density at radius 1 is 1.18 bits per heavy atom. The highest BCUT2D eigenvalue weighted by molar-refractivity contribution is 5.84. The van der Waals surface area contributed by atoms with Gasteiger partial charge in [0.1, 0.15) is 5.82 Å². The third-order valence-corrected chi connectivity index (χ3v) is 2.19. The Morgan fingerprint density at radius 2 is 1.71 bits per heavy atom. The van der Waals surface area contributed by atoms with E-state index in [1.807, 2.05) is 0 Å². The molecular weight excluding hydrogens is 223 g/mol. The second kappa shape index (κ2) is 7.14. The Morgan fingerprint density at radius 3 is 2.18 bits per heavy atom. The highest BCUT2D eigenvalue weighted by Gasteiger charge is 2.18. The highest BCUT2D eigenvalue weighted by atomic mass is 19.1. The zero-order chi connectivity index (χ0) is 12.7. The average Bonchev–Trinajstić information content (AvgIpc) is 2.32. The zero-order valence-electron chi connectivity index (χ0n) is 10.1. The molecule has 0 fully saturated rings. The maximum Gasteiger partial charge on any atom is 0.218 e. The van der Waals surface area contributed by atoms with Gasteiger partial charge in [-0.3, -0.25) is 4.79 Å². The minimum Gasteiger partial charge on any atom is -0.346 e. The zero-order valence-corrected chi connectivity index (χ0v) is 10.1. The summed E-state index contributed by atoms with van der Waals surface area (Å²) in [5.74, 6) is -0.465. The SMILES string of the molecule is CCOC(OCC)C(=O)Cc1ccc(F)cc1. The van der Waals surface area contributed by atoms with E-state index in [1.54, 1.807) is 26.0 Å². The smallest absolute Gasteiger partial charge is 0.218 e. The molecule has 0 aliphatic heterocycles. The molecule has 0 amide bonds. The van der Waals surface area contributed by atoms with E-state index >= 15 is 0 Å². The summed E-state index contributed by atoms with van der Waals surface area (Å²) in [6, 6.07) is 5.84. The number of benzene rings is 1. The number of hydrogen-bond donors (Lipinski definition) is 0. The van der Waals surface area contributed by atoms with Crippen LogP contribution in [0.1, 0.15) is 19.4 Å². The molecule has 0 saturated carbocycles. The van der Waals surface area contributed by atoms with Gasteiger partial charge >= 0.3 is 0 Å². The van der Waals surface area contributed by atoms with Crippen molar-refractivity contribution in [1.82, 2.24) is 0 Å². The summed E-state index contributed by atoms with van der Waals surface area (Å²) in [4.78, 5) is 11.8. The van der Waals surface area contributed by atoms with Gasteiger partial charge in [0.25, 0.3) is 0 Å². The van der Waals surface area contributed by atoms with Crippen LogP contribution in [-0.4, -0.2) is 25.3 Å². The molecular formula is C13H17FO3. The molecule has 17 heavy (non-hydrogen) atoms. The van der Waals surface area contributed by atoms with E-state index in [0.717, 1.165) is 5.56 Å². The molecule has 0 atom stereocenters. The summed E-state index contributed by atoms with van der Waals surface area (Å²) < 4.78 is 23.1. The molecule has 0 aliphatic rings. The Bertz CT molecular complexity index is 342. The molecule has 3 nitrogen and oxygen atoms in total. The first-order valence-electron chi connectivity index (χ1n) is 5.67. The molecule has 1 aromatic rings. The molecule has 0 aliphatic carbocycles. The van der Waals surface area contributed by atoms with E-state index < -0.39 is 6.29 Å². The van der Waals surface area contributed by atoms with Crippen molar-refractivity contribution in [3.63, 3.8) is 0 Å². The van der Waals surface area contributed by atoms with Crippen molar-refractivity contribution >= 4 is 5.78 Å². The van der Waals surface area contributed by atoms with Crippen molar-refractivity contribution in [3.8, 4) is 0 Å². The van der Waals surface area contributed by atoms with Crippen LogP contribution in [0.15, 0.2) is 24.3 Å². The molecule has 1 aromatic carbocycles. The van der Waals surface area contributed by atoms with Crippen LogP contribution in [-0.2, 0) is 20.7 Å². The standard InChI is InChI=1S/C13H17FO3/c1-3-16-13(17-4-2)12(15)9-10-5-7-11(14)8-6-10/h5-8,13H,3-4,9H2,1-2H3. The number of hydrogen-bond acceptors (Lipinski definition) is 3. The number of rotatable bonds is 7. The van der Waals surface area contributed by atoms with Crippen LogP contribution in [0.5, 0.6) is 0 Å². The van der Waals surface area contributed by atoms with Gasteiger partial charge in [-0.15, -0.1) is 0 Å². The van der Waals surface area contributed by atoms with E-state index in [9.17, 15) is 9.18 Å². The molecule has 0 heterocycles. The first-order chi connectivity index (χ1) is 8.17. The highest BCUT2D eigenvalue weighted by Crippen LogP contribution is 2.07. The third-order valence-electron chi connectivity index (χ3n) is 2.19. The minimum absolute atomic E-state index is 0.152. The Labute approximate surface area is 101 Å². The molecule has 4 heteroatoms. The van der Waals surface area contributed by atoms with Crippen LogP contribution in [0.25, 0.3) is 0 Å². The van der Waals surface area contributed by atoms with Gasteiger partial charge < -0.3 is 9.47 Å². The van der Waals surface area contributed by atoms with Gasteiger partial charge in [0.05, 0.1) is 0 Å². The lowest BCUT2D eigenvalue weighted by atomic mass is 10.1. The lowest BCUT2D eigenvalue weighted by Crippen LogP contribution is -2.29. The Kier molecular flexibility index (Phi) is 5.80. The monoisotopic (exact) mass is 240 g/mol. The Hall–Kier alpha value is -1.26. The number of Topliss-reactive ketones (excluding diaryl/α,β-unsaturated/α-hetero) is 1. The van der Waals surface area contributed by atoms with Gasteiger partial charge in [0, 0.05) is 19.6 Å². The summed E-state index contributed by atoms with van der Waals surface area (Å²) in [7, 11) is 0. The molecule has 0 unspecified atom stereocenters. The molecule has 94 valence electrons. The Balaban J connectivity index is 2.59. The number of carbonyl (C=O) groups is 1. The number of halogens is 1. The van der Waals surface area contributed by atoms with Gasteiger partial charge in [-0.2, -0.15) is 0 Å². The fraction of sp³-hybridized carbons (Fsp3) is 0.462. The summed E-state index contributed by atoms with van der Waals surface area (Å²) in [6.07, 6.45) is -0.639. The van der Waals surface area contributed by atoms with Crippen LogP contribution in [0, 0.1) is 5.82 Å². The minimum atomic E-state index is -0.824. The average molecular weight is 240 g/mol. The van der Waals surface area contributed by atoms with Crippen molar-refractivity contribution in [1.29, 1.82) is 0 Å². The van der Waals surface area contributed by atoms with Crippen molar-refractivity contribution in [2.45, 2.75) is 26.6 Å². The normalized spacial score (nSPS) is 10.8. The maximum atomic E-state index is 12.7. The fourth-order valence-corrected chi connectivity index (χ4v) is 1.42. The lowest BCUT2D eigenvalue weighted by Gasteiger charge is -2.15. The van der Waals surface area contributed by atoms with Crippen molar-refractivity contribution in [2.24, 2.45) is 0 Å². The predicted octanol–water partition coefficient (Wildman–Crippen LogP) is 2.34. The van der Waals surface area contributed by atoms with Crippen LogP contribution < -0.4 is 0 Å². The van der Waals surface area contributed by atoms with Gasteiger partial charge in [0.2, 0.25) is 6.29 Å². The predicted molar refractivity (Wildman–Crippen MR) is 62.2 cm³/mol. The first-order valence-corrected chi connectivity index (χ1v) is 5.67. The fourth-order valence-electron chi connectivity index (χ4n) is 1.42. The van der Waals surface area contributed by atoms with E-state index in [-0.39, 0.29) is 18.0 Å². The number of carbonyl (C=O) groups excluding carboxylic acids is 1. The van der Waals surface area contributed by atoms with E-state index in [2.05, 4.69) is 0 Å².